The molecule has 4 nitrogen and oxygen atoms in total. The van der Waals surface area contributed by atoms with Gasteiger partial charge in [-0.15, -0.1) is 0 Å². The first kappa shape index (κ1) is 17.6. The van der Waals surface area contributed by atoms with Gasteiger partial charge in [0.2, 0.25) is 0 Å². The number of nitrogens with zero attached hydrogens (tertiary/aromatic N) is 1. The highest BCUT2D eigenvalue weighted by molar-refractivity contribution is 8.12. The van der Waals surface area contributed by atoms with Gasteiger partial charge in [0.05, 0.1) is 0 Å². The zero-order valence-corrected chi connectivity index (χ0v) is 15.3. The van der Waals surface area contributed by atoms with Crippen LogP contribution in [0.3, 0.4) is 0 Å². The summed E-state index contributed by atoms with van der Waals surface area (Å²) >= 11 is 1.18. The van der Waals surface area contributed by atoms with Crippen molar-refractivity contribution in [3.05, 3.63) is 65.9 Å². The zero-order chi connectivity index (χ0) is 17.6. The third-order valence-electron chi connectivity index (χ3n) is 3.97. The van der Waals surface area contributed by atoms with E-state index in [1.165, 1.54) is 17.3 Å². The van der Waals surface area contributed by atoms with Gasteiger partial charge in [-0.25, -0.2) is 4.79 Å². The van der Waals surface area contributed by atoms with Gasteiger partial charge in [0.1, 0.15) is 5.75 Å². The number of hydrogen-bond donors (Lipinski definition) is 1. The molecule has 0 atom stereocenters. The second-order valence-corrected chi connectivity index (χ2v) is 7.08. The van der Waals surface area contributed by atoms with E-state index < -0.39 is 0 Å². The number of hydrogen-bond acceptors (Lipinski definition) is 4. The van der Waals surface area contributed by atoms with Gasteiger partial charge in [-0.2, -0.15) is 0 Å². The molecule has 1 heterocycles. The highest BCUT2D eigenvalue weighted by Gasteiger charge is 2.13. The Morgan fingerprint density at radius 2 is 1.92 bits per heavy atom. The maximum Gasteiger partial charge on any atom is 0.373 e. The van der Waals surface area contributed by atoms with Gasteiger partial charge < -0.3 is 14.6 Å². The normalized spacial score (nSPS) is 11.2. The lowest BCUT2D eigenvalue weighted by atomic mass is 10.1. The molecule has 0 aliphatic rings. The molecule has 0 amide bonds. The number of carbonyl (C=O) groups excluding carboxylic acids is 1. The number of nitrogens with one attached hydrogen (secondary N) is 1. The van der Waals surface area contributed by atoms with Crippen LogP contribution in [0, 0.1) is 0 Å². The first-order valence-corrected chi connectivity index (χ1v) is 9.24. The van der Waals surface area contributed by atoms with E-state index >= 15 is 0 Å². The molecule has 25 heavy (non-hydrogen) atoms. The first-order chi connectivity index (χ1) is 12.1. The summed E-state index contributed by atoms with van der Waals surface area (Å²) in [6.07, 6.45) is 2.90. The van der Waals surface area contributed by atoms with Crippen LogP contribution in [-0.4, -0.2) is 35.8 Å². The number of H-pyrrole nitrogens is 1. The summed E-state index contributed by atoms with van der Waals surface area (Å²) < 4.78 is 5.65. The van der Waals surface area contributed by atoms with E-state index in [0.29, 0.717) is 11.5 Å². The minimum Gasteiger partial charge on any atom is -0.418 e. The van der Waals surface area contributed by atoms with Crippen LogP contribution in [0.5, 0.6) is 5.75 Å². The van der Waals surface area contributed by atoms with Crippen molar-refractivity contribution < 1.29 is 9.53 Å². The number of carbonyl (C=O) groups is 1. The zero-order valence-electron chi connectivity index (χ0n) is 14.5. The summed E-state index contributed by atoms with van der Waals surface area (Å²) in [5.74, 6) is 1.23. The molecule has 0 radical (unpaired) electrons. The van der Waals surface area contributed by atoms with Crippen LogP contribution in [0.1, 0.15) is 11.1 Å². The number of thioether (sulfide) groups is 1. The van der Waals surface area contributed by atoms with Crippen LogP contribution in [0.15, 0.2) is 54.7 Å². The monoisotopic (exact) mass is 354 g/mol. The highest BCUT2D eigenvalue weighted by atomic mass is 32.2. The lowest BCUT2D eigenvalue weighted by molar-refractivity contribution is 0.227. The maximum absolute atomic E-state index is 12.3. The second-order valence-electron chi connectivity index (χ2n) is 6.17. The number of aromatic amines is 1. The second kappa shape index (κ2) is 8.23. The van der Waals surface area contributed by atoms with Crippen molar-refractivity contribution in [2.45, 2.75) is 12.2 Å². The van der Waals surface area contributed by atoms with E-state index in [-0.39, 0.29) is 5.30 Å². The molecule has 3 rings (SSSR count). The number of benzene rings is 2. The van der Waals surface area contributed by atoms with Gasteiger partial charge in [0.25, 0.3) is 0 Å². The topological polar surface area (TPSA) is 45.3 Å². The lowest BCUT2D eigenvalue weighted by Gasteiger charge is -2.10. The standard InChI is InChI=1S/C20H22N2O2S/c1-22(2)12-11-16-13-21-17-9-6-10-18(19(16)17)24-20(23)25-14-15-7-4-3-5-8-15/h3-10,13,21H,11-12,14H2,1-2H3. The van der Waals surface area contributed by atoms with Crippen molar-refractivity contribution in [2.24, 2.45) is 0 Å². The van der Waals surface area contributed by atoms with Crippen LogP contribution in [0.4, 0.5) is 4.79 Å². The Labute approximate surface area is 152 Å². The molecule has 130 valence electrons. The van der Waals surface area contributed by atoms with Gasteiger partial charge >= 0.3 is 5.30 Å². The van der Waals surface area contributed by atoms with E-state index in [2.05, 4.69) is 24.0 Å². The van der Waals surface area contributed by atoms with Crippen molar-refractivity contribution in [1.82, 2.24) is 9.88 Å². The van der Waals surface area contributed by atoms with Gasteiger partial charge in [-0.05, 0) is 55.5 Å². The van der Waals surface area contributed by atoms with Gasteiger partial charge in [-0.1, -0.05) is 36.4 Å². The molecule has 0 spiro atoms. The Kier molecular flexibility index (Phi) is 5.79. The summed E-state index contributed by atoms with van der Waals surface area (Å²) in [5.41, 5.74) is 3.27. The van der Waals surface area contributed by atoms with Crippen LogP contribution >= 0.6 is 11.8 Å². The molecule has 3 aromatic rings. The quantitative estimate of drug-likeness (QED) is 0.652. The molecule has 0 saturated heterocycles. The SMILES string of the molecule is CN(C)CCc1c[nH]c2cccc(OC(=O)SCc3ccccc3)c12. The molecule has 0 saturated carbocycles. The minimum absolute atomic E-state index is 0.281. The molecular formula is C20H22N2O2S. The van der Waals surface area contributed by atoms with E-state index in [1.54, 1.807) is 0 Å². The van der Waals surface area contributed by atoms with Crippen molar-refractivity contribution in [2.75, 3.05) is 20.6 Å². The molecule has 0 unspecified atom stereocenters. The number of aromatic nitrogens is 1. The number of likely N-dealkylation sites (N-methyl/N-ethyl adjacent to an activating group) is 1. The molecule has 5 heteroatoms. The van der Waals surface area contributed by atoms with Crippen LogP contribution < -0.4 is 4.74 Å². The maximum atomic E-state index is 12.3. The number of ether oxygens (including phenoxy) is 1. The van der Waals surface area contributed by atoms with Gasteiger partial charge in [0, 0.05) is 29.4 Å². The molecular weight excluding hydrogens is 332 g/mol. The predicted octanol–water partition coefficient (Wildman–Crippen LogP) is 4.70. The lowest BCUT2D eigenvalue weighted by Crippen LogP contribution is -2.15. The van der Waals surface area contributed by atoms with Gasteiger partial charge in [-0.3, -0.25) is 0 Å². The Bertz CT molecular complexity index is 843. The first-order valence-electron chi connectivity index (χ1n) is 8.25. The average Bonchev–Trinajstić information content (AvgIpc) is 3.03. The van der Waals surface area contributed by atoms with Crippen molar-refractivity contribution >= 4 is 28.0 Å². The Hall–Kier alpha value is -2.24. The minimum atomic E-state index is -0.281. The largest absolute Gasteiger partial charge is 0.418 e. The summed E-state index contributed by atoms with van der Waals surface area (Å²) in [6.45, 7) is 0.942. The summed E-state index contributed by atoms with van der Waals surface area (Å²) in [6, 6.07) is 15.7. The number of rotatable bonds is 6. The van der Waals surface area contributed by atoms with Crippen molar-refractivity contribution in [3.8, 4) is 5.75 Å². The van der Waals surface area contributed by atoms with Gasteiger partial charge in [0.15, 0.2) is 0 Å². The van der Waals surface area contributed by atoms with Crippen molar-refractivity contribution in [1.29, 1.82) is 0 Å². The Balaban J connectivity index is 1.71. The molecule has 0 aliphatic heterocycles. The predicted molar refractivity (Wildman–Crippen MR) is 104 cm³/mol. The Morgan fingerprint density at radius 3 is 2.68 bits per heavy atom. The van der Waals surface area contributed by atoms with E-state index in [4.69, 9.17) is 4.74 Å². The molecule has 0 aliphatic carbocycles. The molecule has 1 N–H and O–H groups in total. The molecule has 2 aromatic carbocycles. The fourth-order valence-electron chi connectivity index (χ4n) is 2.68. The summed E-state index contributed by atoms with van der Waals surface area (Å²) in [7, 11) is 4.10. The number of fused-ring (bicyclic) bond motifs is 1. The average molecular weight is 354 g/mol. The summed E-state index contributed by atoms with van der Waals surface area (Å²) in [4.78, 5) is 17.7. The fraction of sp³-hybridized carbons (Fsp3) is 0.250. The molecule has 1 aromatic heterocycles. The van der Waals surface area contributed by atoms with E-state index in [9.17, 15) is 4.79 Å². The summed E-state index contributed by atoms with van der Waals surface area (Å²) in [5, 5.41) is 0.717. The smallest absolute Gasteiger partial charge is 0.373 e. The third kappa shape index (κ3) is 4.65. The van der Waals surface area contributed by atoms with Crippen LogP contribution in [-0.2, 0) is 12.2 Å². The molecule has 0 fully saturated rings. The molecule has 0 bridgehead atoms. The van der Waals surface area contributed by atoms with Crippen LogP contribution in [0.2, 0.25) is 0 Å². The highest BCUT2D eigenvalue weighted by Crippen LogP contribution is 2.30. The fourth-order valence-corrected chi connectivity index (χ4v) is 3.31. The Morgan fingerprint density at radius 1 is 1.12 bits per heavy atom. The van der Waals surface area contributed by atoms with Crippen LogP contribution in [0.25, 0.3) is 10.9 Å². The van der Waals surface area contributed by atoms with E-state index in [0.717, 1.165) is 29.4 Å². The van der Waals surface area contributed by atoms with E-state index in [1.807, 2.05) is 54.7 Å². The third-order valence-corrected chi connectivity index (χ3v) is 4.77. The van der Waals surface area contributed by atoms with Crippen molar-refractivity contribution in [3.63, 3.8) is 0 Å².